The van der Waals surface area contributed by atoms with E-state index in [0.29, 0.717) is 32.1 Å². The van der Waals surface area contributed by atoms with Crippen LogP contribution in [0.25, 0.3) is 17.4 Å². The number of carbonyl (C=O) groups excluding carboxylic acids is 1. The van der Waals surface area contributed by atoms with Crippen molar-refractivity contribution in [1.82, 2.24) is 4.57 Å². The number of allylic oxidation sites excluding steroid dienone is 2. The summed E-state index contributed by atoms with van der Waals surface area (Å²) < 4.78 is 9.16. The summed E-state index contributed by atoms with van der Waals surface area (Å²) >= 11 is 4.69. The molecule has 3 heterocycles. The average molecular weight is 535 g/mol. The third-order valence-corrected chi connectivity index (χ3v) is 7.13. The zero-order valence-corrected chi connectivity index (χ0v) is 20.7. The Labute approximate surface area is 207 Å². The maximum absolute atomic E-state index is 13.5. The van der Waals surface area contributed by atoms with Crippen LogP contribution >= 0.6 is 27.3 Å². The molecule has 1 atom stereocenters. The molecular formula is C26H19BrN2O4S. The van der Waals surface area contributed by atoms with Crippen molar-refractivity contribution in [2.75, 3.05) is 0 Å². The number of carbonyl (C=O) groups is 1. The molecule has 34 heavy (non-hydrogen) atoms. The Morgan fingerprint density at radius 2 is 1.82 bits per heavy atom. The molecule has 170 valence electrons. The minimum absolute atomic E-state index is 0.153. The van der Waals surface area contributed by atoms with Crippen molar-refractivity contribution >= 4 is 39.1 Å². The van der Waals surface area contributed by atoms with E-state index in [1.807, 2.05) is 30.3 Å². The van der Waals surface area contributed by atoms with Crippen LogP contribution in [-0.2, 0) is 4.79 Å². The number of hydrogen-bond donors (Lipinski definition) is 1. The second-order valence-electron chi connectivity index (χ2n) is 7.94. The summed E-state index contributed by atoms with van der Waals surface area (Å²) in [5.41, 5.74) is 2.41. The van der Waals surface area contributed by atoms with Gasteiger partial charge in [-0.25, -0.2) is 4.99 Å². The summed E-state index contributed by atoms with van der Waals surface area (Å²) in [7, 11) is 0. The van der Waals surface area contributed by atoms with Gasteiger partial charge in [0.05, 0.1) is 4.53 Å². The third kappa shape index (κ3) is 3.99. The Kier molecular flexibility index (Phi) is 5.71. The van der Waals surface area contributed by atoms with Crippen LogP contribution in [0.15, 0.2) is 90.6 Å². The summed E-state index contributed by atoms with van der Waals surface area (Å²) in [6.07, 6.45) is 1.75. The van der Waals surface area contributed by atoms with Gasteiger partial charge in [0.25, 0.3) is 5.56 Å². The molecule has 0 spiro atoms. The number of aromatic hydroxyl groups is 1. The van der Waals surface area contributed by atoms with E-state index >= 15 is 0 Å². The maximum atomic E-state index is 13.5. The van der Waals surface area contributed by atoms with Crippen molar-refractivity contribution in [1.29, 1.82) is 0 Å². The molecule has 8 heteroatoms. The summed E-state index contributed by atoms with van der Waals surface area (Å²) in [5.74, 6) is 1.13. The van der Waals surface area contributed by atoms with E-state index in [1.54, 1.807) is 43.3 Å². The van der Waals surface area contributed by atoms with Gasteiger partial charge in [-0.05, 0) is 61.9 Å². The van der Waals surface area contributed by atoms with Crippen molar-refractivity contribution in [2.45, 2.75) is 19.9 Å². The van der Waals surface area contributed by atoms with Gasteiger partial charge in [-0.1, -0.05) is 51.5 Å². The third-order valence-electron chi connectivity index (χ3n) is 5.62. The number of aromatic nitrogens is 1. The number of rotatable bonds is 4. The molecule has 0 radical (unpaired) electrons. The molecule has 2 aromatic carbocycles. The van der Waals surface area contributed by atoms with Gasteiger partial charge in [0, 0.05) is 21.3 Å². The number of nitrogens with zero attached hydrogens (tertiary/aromatic N) is 2. The van der Waals surface area contributed by atoms with Crippen LogP contribution in [0.4, 0.5) is 0 Å². The highest BCUT2D eigenvalue weighted by molar-refractivity contribution is 9.10. The van der Waals surface area contributed by atoms with Crippen LogP contribution in [0.5, 0.6) is 5.75 Å². The quantitative estimate of drug-likeness (QED) is 0.416. The molecule has 0 bridgehead atoms. The van der Waals surface area contributed by atoms with Crippen LogP contribution in [0.1, 0.15) is 31.2 Å². The van der Waals surface area contributed by atoms with Gasteiger partial charge in [-0.2, -0.15) is 0 Å². The molecule has 1 N–H and O–H groups in total. The van der Waals surface area contributed by atoms with E-state index in [-0.39, 0.29) is 17.1 Å². The van der Waals surface area contributed by atoms with Crippen LogP contribution in [0.3, 0.4) is 0 Å². The average Bonchev–Trinajstić information content (AvgIpc) is 3.40. The predicted molar refractivity (Wildman–Crippen MR) is 134 cm³/mol. The number of phenolic OH excluding ortho intramolecular Hbond substituents is 1. The normalized spacial score (nSPS) is 15.9. The highest BCUT2D eigenvalue weighted by Gasteiger charge is 2.33. The van der Waals surface area contributed by atoms with Gasteiger partial charge < -0.3 is 9.52 Å². The fourth-order valence-electron chi connectivity index (χ4n) is 4.03. The number of hydrogen-bond acceptors (Lipinski definition) is 6. The van der Waals surface area contributed by atoms with Gasteiger partial charge in [0.15, 0.2) is 10.6 Å². The largest absolute Gasteiger partial charge is 0.508 e. The summed E-state index contributed by atoms with van der Waals surface area (Å²) in [4.78, 5) is 31.2. The number of ketones is 1. The van der Waals surface area contributed by atoms with Gasteiger partial charge in [0.2, 0.25) is 0 Å². The molecule has 0 fully saturated rings. The first-order valence-electron chi connectivity index (χ1n) is 10.5. The standard InChI is InChI=1S/C26H19BrN2O4S/c1-14-23(15(2)30)24(21-12-11-20(33-21)17-5-7-18(27)8-6-17)29-25(32)22(34-26(29)28-14)13-16-3-9-19(31)10-4-16/h3-13,24,31H,1-2H3/b22-13+/t24-/m1/s1. The monoisotopic (exact) mass is 534 g/mol. The van der Waals surface area contributed by atoms with Crippen molar-refractivity contribution in [2.24, 2.45) is 4.99 Å². The lowest BCUT2D eigenvalue weighted by atomic mass is 9.98. The molecule has 0 saturated heterocycles. The molecule has 0 saturated carbocycles. The first-order chi connectivity index (χ1) is 16.3. The van der Waals surface area contributed by atoms with Crippen LogP contribution in [0, 0.1) is 0 Å². The number of fused-ring (bicyclic) bond motifs is 1. The van der Waals surface area contributed by atoms with E-state index in [2.05, 4.69) is 20.9 Å². The van der Waals surface area contributed by atoms with E-state index < -0.39 is 6.04 Å². The van der Waals surface area contributed by atoms with E-state index in [4.69, 9.17) is 4.42 Å². The molecule has 0 aliphatic carbocycles. The second-order valence-corrected chi connectivity index (χ2v) is 9.86. The number of halogens is 1. The highest BCUT2D eigenvalue weighted by atomic mass is 79.9. The molecule has 1 aliphatic rings. The van der Waals surface area contributed by atoms with Gasteiger partial charge in [-0.15, -0.1) is 0 Å². The van der Waals surface area contributed by atoms with E-state index in [1.165, 1.54) is 22.8 Å². The fourth-order valence-corrected chi connectivity index (χ4v) is 5.34. The van der Waals surface area contributed by atoms with Gasteiger partial charge in [0.1, 0.15) is 23.3 Å². The molecule has 0 unspecified atom stereocenters. The first kappa shape index (κ1) is 22.3. The number of benzene rings is 2. The Bertz CT molecular complexity index is 1620. The zero-order valence-electron chi connectivity index (χ0n) is 18.3. The van der Waals surface area contributed by atoms with Crippen molar-refractivity contribution in [3.8, 4) is 17.1 Å². The summed E-state index contributed by atoms with van der Waals surface area (Å²) in [6, 6.07) is 17.3. The van der Waals surface area contributed by atoms with E-state index in [9.17, 15) is 14.7 Å². The smallest absolute Gasteiger partial charge is 0.271 e. The van der Waals surface area contributed by atoms with Gasteiger partial charge >= 0.3 is 0 Å². The van der Waals surface area contributed by atoms with Crippen molar-refractivity contribution in [3.05, 3.63) is 107 Å². The molecule has 1 aliphatic heterocycles. The molecule has 6 nitrogen and oxygen atoms in total. The van der Waals surface area contributed by atoms with Crippen molar-refractivity contribution < 1.29 is 14.3 Å². The first-order valence-corrected chi connectivity index (χ1v) is 12.1. The second kappa shape index (κ2) is 8.70. The Hall–Kier alpha value is -3.49. The Morgan fingerprint density at radius 3 is 2.50 bits per heavy atom. The molecule has 4 aromatic rings. The Morgan fingerprint density at radius 1 is 1.12 bits per heavy atom. The SMILES string of the molecule is CC(=O)C1=C(C)N=c2s/c(=C/c3ccc(O)cc3)c(=O)n2[C@@H]1c1ccc(-c2ccc(Br)cc2)o1. The lowest BCUT2D eigenvalue weighted by Crippen LogP contribution is -2.39. The van der Waals surface area contributed by atoms with Gasteiger partial charge in [-0.3, -0.25) is 14.2 Å². The number of phenols is 1. The van der Waals surface area contributed by atoms with Crippen LogP contribution in [0.2, 0.25) is 0 Å². The molecule has 0 amide bonds. The van der Waals surface area contributed by atoms with Crippen molar-refractivity contribution in [3.63, 3.8) is 0 Å². The summed E-state index contributed by atoms with van der Waals surface area (Å²) in [5, 5.41) is 9.54. The minimum atomic E-state index is -0.708. The number of furan rings is 1. The topological polar surface area (TPSA) is 84.8 Å². The zero-order chi connectivity index (χ0) is 24.0. The fraction of sp³-hybridized carbons (Fsp3) is 0.115. The molecule has 2 aromatic heterocycles. The number of thiazole rings is 1. The van der Waals surface area contributed by atoms with Crippen LogP contribution < -0.4 is 14.9 Å². The highest BCUT2D eigenvalue weighted by Crippen LogP contribution is 2.34. The maximum Gasteiger partial charge on any atom is 0.271 e. The molecular weight excluding hydrogens is 516 g/mol. The van der Waals surface area contributed by atoms with E-state index in [0.717, 1.165) is 15.6 Å². The minimum Gasteiger partial charge on any atom is -0.508 e. The molecule has 5 rings (SSSR count). The summed E-state index contributed by atoms with van der Waals surface area (Å²) in [6.45, 7) is 3.26. The number of Topliss-reactive ketones (excluding diaryl/α,β-unsaturated/α-hetero) is 1. The lowest BCUT2D eigenvalue weighted by molar-refractivity contribution is -0.114. The van der Waals surface area contributed by atoms with Crippen LogP contribution in [-0.4, -0.2) is 15.5 Å². The Balaban J connectivity index is 1.68. The predicted octanol–water partition coefficient (Wildman–Crippen LogP) is 4.55. The lowest BCUT2D eigenvalue weighted by Gasteiger charge is -2.22.